The molecule has 1 rings (SSSR count). The predicted octanol–water partition coefficient (Wildman–Crippen LogP) is 1.32. The summed E-state index contributed by atoms with van der Waals surface area (Å²) in [5.41, 5.74) is 0. The fourth-order valence-corrected chi connectivity index (χ4v) is 1.44. The van der Waals surface area contributed by atoms with Crippen LogP contribution in [0.25, 0.3) is 0 Å². The van der Waals surface area contributed by atoms with Gasteiger partial charge in [-0.3, -0.25) is 0 Å². The molecule has 0 aliphatic rings. The van der Waals surface area contributed by atoms with E-state index >= 15 is 0 Å². The molecule has 54 valence electrons. The maximum atomic E-state index is 10.7. The van der Waals surface area contributed by atoms with Crippen LogP contribution in [0.2, 0.25) is 5.02 Å². The van der Waals surface area contributed by atoms with Crippen molar-refractivity contribution in [3.05, 3.63) is 29.3 Å². The molecule has 0 spiro atoms. The molecule has 0 bridgehead atoms. The van der Waals surface area contributed by atoms with Crippen LogP contribution >= 0.6 is 11.6 Å². The minimum Gasteiger partial charge on any atom is -0.248 e. The third-order valence-corrected chi connectivity index (χ3v) is 2.28. The van der Waals surface area contributed by atoms with Gasteiger partial charge in [0.25, 0.3) is 0 Å². The van der Waals surface area contributed by atoms with E-state index < -0.39 is 11.0 Å². The summed E-state index contributed by atoms with van der Waals surface area (Å²) in [5.74, 6) is 0. The summed E-state index contributed by atoms with van der Waals surface area (Å²) in [4.78, 5) is 0.476. The minimum atomic E-state index is -1.47. The first-order chi connectivity index (χ1) is 4.72. The van der Waals surface area contributed by atoms with Crippen molar-refractivity contribution >= 4 is 22.6 Å². The Morgan fingerprint density at radius 3 is 2.40 bits per heavy atom. The van der Waals surface area contributed by atoms with Crippen LogP contribution in [0.3, 0.4) is 0 Å². The van der Waals surface area contributed by atoms with E-state index in [0.29, 0.717) is 9.92 Å². The van der Waals surface area contributed by atoms with Gasteiger partial charge in [0.15, 0.2) is 0 Å². The second-order valence-electron chi connectivity index (χ2n) is 1.73. The first-order valence-corrected chi connectivity index (χ1v) is 4.21. The predicted molar refractivity (Wildman–Crippen MR) is 42.0 cm³/mol. The van der Waals surface area contributed by atoms with Crippen LogP contribution in [0.5, 0.6) is 0 Å². The van der Waals surface area contributed by atoms with Crippen LogP contribution in [-0.2, 0) is 11.0 Å². The zero-order chi connectivity index (χ0) is 7.56. The molecule has 1 aromatic carbocycles. The van der Waals surface area contributed by atoms with Gasteiger partial charge >= 0.3 is 0 Å². The molecule has 0 amide bonds. The van der Waals surface area contributed by atoms with E-state index in [1.165, 1.54) is 0 Å². The lowest BCUT2D eigenvalue weighted by molar-refractivity contribution is 0.684. The van der Waals surface area contributed by atoms with Crippen LogP contribution in [0.4, 0.5) is 0 Å². The lowest BCUT2D eigenvalue weighted by atomic mass is 10.4. The van der Waals surface area contributed by atoms with Crippen LogP contribution in [-0.4, -0.2) is 4.21 Å². The molecule has 0 fully saturated rings. The second kappa shape index (κ2) is 3.14. The van der Waals surface area contributed by atoms with E-state index in [4.69, 9.17) is 16.7 Å². The van der Waals surface area contributed by atoms with Crippen molar-refractivity contribution in [1.82, 2.24) is 0 Å². The molecule has 0 saturated carbocycles. The molecule has 2 N–H and O–H groups in total. The number of halogens is 1. The number of benzene rings is 1. The molecule has 2 nitrogen and oxygen atoms in total. The molecular formula is C6H6ClNOS. The maximum Gasteiger partial charge on any atom is 0.123 e. The second-order valence-corrected chi connectivity index (χ2v) is 3.17. The molecule has 0 unspecified atom stereocenters. The van der Waals surface area contributed by atoms with Crippen molar-refractivity contribution in [1.29, 1.82) is 0 Å². The van der Waals surface area contributed by atoms with E-state index in [1.54, 1.807) is 24.3 Å². The molecule has 0 radical (unpaired) electrons. The first-order valence-electron chi connectivity index (χ1n) is 2.62. The average Bonchev–Trinajstić information content (AvgIpc) is 1.88. The Kier molecular flexibility index (Phi) is 2.43. The highest BCUT2D eigenvalue weighted by atomic mass is 35.5. The normalized spacial score (nSPS) is 13.0. The Bertz CT molecular complexity index is 264. The van der Waals surface area contributed by atoms with Gasteiger partial charge in [-0.1, -0.05) is 23.7 Å². The van der Waals surface area contributed by atoms with Gasteiger partial charge in [0.2, 0.25) is 0 Å². The molecule has 0 aliphatic carbocycles. The Labute approximate surface area is 66.6 Å². The van der Waals surface area contributed by atoms with Crippen molar-refractivity contribution in [3.63, 3.8) is 0 Å². The van der Waals surface area contributed by atoms with Crippen molar-refractivity contribution < 1.29 is 4.21 Å². The summed E-state index contributed by atoms with van der Waals surface area (Å²) >= 11 is 5.65. The zero-order valence-corrected chi connectivity index (χ0v) is 6.65. The highest BCUT2D eigenvalue weighted by Crippen LogP contribution is 2.16. The van der Waals surface area contributed by atoms with Crippen molar-refractivity contribution in [2.45, 2.75) is 4.90 Å². The minimum absolute atomic E-state index is 0.448. The first kappa shape index (κ1) is 7.72. The van der Waals surface area contributed by atoms with Gasteiger partial charge in [0.05, 0.1) is 9.92 Å². The van der Waals surface area contributed by atoms with Crippen LogP contribution in [0.1, 0.15) is 0 Å². The van der Waals surface area contributed by atoms with E-state index in [9.17, 15) is 4.21 Å². The van der Waals surface area contributed by atoms with Crippen LogP contribution in [0.15, 0.2) is 29.2 Å². The van der Waals surface area contributed by atoms with Gasteiger partial charge in [-0.05, 0) is 12.1 Å². The number of nitrogens with two attached hydrogens (primary N) is 1. The topological polar surface area (TPSA) is 43.1 Å². The lowest BCUT2D eigenvalue weighted by Gasteiger charge is -1.96. The standard InChI is InChI=1S/C6H6ClNOS/c7-5-3-1-2-4-6(5)10(8)9/h1-4H,8H2/t10-/m1/s1. The number of hydrogen-bond donors (Lipinski definition) is 1. The third kappa shape index (κ3) is 1.56. The van der Waals surface area contributed by atoms with E-state index in [2.05, 4.69) is 0 Å². The van der Waals surface area contributed by atoms with Gasteiger partial charge in [-0.15, -0.1) is 0 Å². The molecule has 10 heavy (non-hydrogen) atoms. The van der Waals surface area contributed by atoms with E-state index in [-0.39, 0.29) is 0 Å². The van der Waals surface area contributed by atoms with Gasteiger partial charge in [-0.25, -0.2) is 9.35 Å². The third-order valence-electron chi connectivity index (χ3n) is 1.05. The molecule has 0 saturated heterocycles. The quantitative estimate of drug-likeness (QED) is 0.688. The Morgan fingerprint density at radius 2 is 2.00 bits per heavy atom. The van der Waals surface area contributed by atoms with Gasteiger partial charge in [-0.2, -0.15) is 0 Å². The maximum absolute atomic E-state index is 10.7. The summed E-state index contributed by atoms with van der Waals surface area (Å²) in [5, 5.41) is 5.55. The van der Waals surface area contributed by atoms with E-state index in [1.807, 2.05) is 0 Å². The van der Waals surface area contributed by atoms with Crippen molar-refractivity contribution in [2.75, 3.05) is 0 Å². The van der Waals surface area contributed by atoms with Crippen molar-refractivity contribution in [2.24, 2.45) is 5.14 Å². The summed E-state index contributed by atoms with van der Waals surface area (Å²) in [6.45, 7) is 0. The Morgan fingerprint density at radius 1 is 1.40 bits per heavy atom. The summed E-state index contributed by atoms with van der Waals surface area (Å²) < 4.78 is 10.7. The molecule has 0 aliphatic heterocycles. The number of rotatable bonds is 1. The van der Waals surface area contributed by atoms with Crippen LogP contribution < -0.4 is 5.14 Å². The molecule has 4 heteroatoms. The van der Waals surface area contributed by atoms with Crippen molar-refractivity contribution in [3.8, 4) is 0 Å². The zero-order valence-electron chi connectivity index (χ0n) is 5.08. The highest BCUT2D eigenvalue weighted by Gasteiger charge is 2.00. The van der Waals surface area contributed by atoms with Gasteiger partial charge < -0.3 is 0 Å². The Balaban J connectivity index is 3.15. The molecule has 0 heterocycles. The smallest absolute Gasteiger partial charge is 0.123 e. The fraction of sp³-hybridized carbons (Fsp3) is 0. The number of hydrogen-bond acceptors (Lipinski definition) is 1. The lowest BCUT2D eigenvalue weighted by Crippen LogP contribution is -2.02. The summed E-state index contributed by atoms with van der Waals surface area (Å²) in [6.07, 6.45) is 0. The molecule has 1 aromatic rings. The SMILES string of the molecule is N[S@](=O)c1ccccc1Cl. The largest absolute Gasteiger partial charge is 0.248 e. The fourth-order valence-electron chi connectivity index (χ4n) is 0.608. The Hall–Kier alpha value is -0.380. The van der Waals surface area contributed by atoms with E-state index in [0.717, 1.165) is 0 Å². The summed E-state index contributed by atoms with van der Waals surface area (Å²) in [7, 11) is -1.47. The van der Waals surface area contributed by atoms with Crippen LogP contribution in [0, 0.1) is 0 Å². The monoisotopic (exact) mass is 175 g/mol. The summed E-state index contributed by atoms with van der Waals surface area (Å²) in [6, 6.07) is 6.80. The molecule has 0 aromatic heterocycles. The molecule has 1 atom stereocenters. The average molecular weight is 176 g/mol. The van der Waals surface area contributed by atoms with Gasteiger partial charge in [0.1, 0.15) is 11.0 Å². The molecular weight excluding hydrogens is 170 g/mol. The highest BCUT2D eigenvalue weighted by molar-refractivity contribution is 7.82. The van der Waals surface area contributed by atoms with Gasteiger partial charge in [0, 0.05) is 0 Å².